The topological polar surface area (TPSA) is 63.2 Å². The van der Waals surface area contributed by atoms with Crippen molar-refractivity contribution < 1.29 is 9.53 Å². The van der Waals surface area contributed by atoms with Crippen molar-refractivity contribution >= 4 is 11.6 Å². The molecule has 5 heteroatoms. The van der Waals surface area contributed by atoms with Crippen molar-refractivity contribution in [1.29, 1.82) is 0 Å². The van der Waals surface area contributed by atoms with Crippen LogP contribution in [0.5, 0.6) is 11.6 Å². The van der Waals surface area contributed by atoms with Gasteiger partial charge >= 0.3 is 0 Å². The number of aromatic nitrogens is 1. The maximum atomic E-state index is 12.2. The lowest BCUT2D eigenvalue weighted by molar-refractivity contribution is -0.120. The molecular weight excluding hydrogens is 302 g/mol. The Morgan fingerprint density at radius 3 is 2.71 bits per heavy atom. The number of nitrogens with one attached hydrogen (secondary N) is 2. The second-order valence-corrected chi connectivity index (χ2v) is 6.20. The predicted molar refractivity (Wildman–Crippen MR) is 94.5 cm³/mol. The standard InChI is InChI=1S/C19H23N3O2/c1-13-4-3-5-17(14(13)2)24-18-7-6-16(12-21-18)22-19(23)15-8-10-20-11-9-15/h3-7,12,15,20H,8-11H2,1-2H3,(H,22,23). The van der Waals surface area contributed by atoms with E-state index in [0.717, 1.165) is 37.2 Å². The molecule has 0 aliphatic carbocycles. The number of carbonyl (C=O) groups excluding carboxylic acids is 1. The zero-order chi connectivity index (χ0) is 16.9. The third-order valence-electron chi connectivity index (χ3n) is 4.48. The van der Waals surface area contributed by atoms with Crippen LogP contribution in [0, 0.1) is 19.8 Å². The minimum Gasteiger partial charge on any atom is -0.439 e. The molecule has 0 spiro atoms. The summed E-state index contributed by atoms with van der Waals surface area (Å²) in [6, 6.07) is 9.55. The van der Waals surface area contributed by atoms with E-state index in [1.165, 1.54) is 5.56 Å². The monoisotopic (exact) mass is 325 g/mol. The van der Waals surface area contributed by atoms with Gasteiger partial charge in [0.05, 0.1) is 11.9 Å². The van der Waals surface area contributed by atoms with E-state index in [-0.39, 0.29) is 11.8 Å². The Bertz CT molecular complexity index is 707. The Labute approximate surface area is 142 Å². The Morgan fingerprint density at radius 2 is 2.00 bits per heavy atom. The van der Waals surface area contributed by atoms with Gasteiger partial charge in [0.2, 0.25) is 11.8 Å². The summed E-state index contributed by atoms with van der Waals surface area (Å²) in [5, 5.41) is 6.20. The molecule has 1 saturated heterocycles. The zero-order valence-corrected chi connectivity index (χ0v) is 14.1. The van der Waals surface area contributed by atoms with Crippen LogP contribution < -0.4 is 15.4 Å². The molecule has 0 saturated carbocycles. The molecule has 1 amide bonds. The van der Waals surface area contributed by atoms with Gasteiger partial charge in [-0.3, -0.25) is 4.79 Å². The summed E-state index contributed by atoms with van der Waals surface area (Å²) in [4.78, 5) is 16.5. The number of pyridine rings is 1. The van der Waals surface area contributed by atoms with Gasteiger partial charge in [0.15, 0.2) is 0 Å². The van der Waals surface area contributed by atoms with E-state index in [9.17, 15) is 4.79 Å². The van der Waals surface area contributed by atoms with Gasteiger partial charge in [0.1, 0.15) is 5.75 Å². The van der Waals surface area contributed by atoms with Crippen LogP contribution in [0.4, 0.5) is 5.69 Å². The van der Waals surface area contributed by atoms with Crippen LogP contribution in [-0.2, 0) is 4.79 Å². The number of hydrogen-bond donors (Lipinski definition) is 2. The van der Waals surface area contributed by atoms with E-state index in [2.05, 4.69) is 28.6 Å². The Balaban J connectivity index is 1.62. The number of piperidine rings is 1. The molecule has 0 bridgehead atoms. The summed E-state index contributed by atoms with van der Waals surface area (Å²) in [7, 11) is 0. The van der Waals surface area contributed by atoms with Crippen molar-refractivity contribution in [2.75, 3.05) is 18.4 Å². The number of carbonyl (C=O) groups is 1. The molecular formula is C19H23N3O2. The zero-order valence-electron chi connectivity index (χ0n) is 14.1. The van der Waals surface area contributed by atoms with Crippen LogP contribution in [0.1, 0.15) is 24.0 Å². The molecule has 2 aromatic rings. The van der Waals surface area contributed by atoms with E-state index in [1.54, 1.807) is 12.3 Å². The maximum absolute atomic E-state index is 12.2. The SMILES string of the molecule is Cc1cccc(Oc2ccc(NC(=O)C3CCNCC3)cn2)c1C. The first kappa shape index (κ1) is 16.5. The molecule has 1 aromatic carbocycles. The largest absolute Gasteiger partial charge is 0.439 e. The van der Waals surface area contributed by atoms with Crippen molar-refractivity contribution in [1.82, 2.24) is 10.3 Å². The first-order valence-electron chi connectivity index (χ1n) is 8.35. The van der Waals surface area contributed by atoms with Crippen LogP contribution in [0.15, 0.2) is 36.5 Å². The normalized spacial score (nSPS) is 15.1. The van der Waals surface area contributed by atoms with Crippen LogP contribution >= 0.6 is 0 Å². The van der Waals surface area contributed by atoms with Gasteiger partial charge in [-0.1, -0.05) is 12.1 Å². The van der Waals surface area contributed by atoms with E-state index >= 15 is 0 Å². The number of ether oxygens (including phenoxy) is 1. The van der Waals surface area contributed by atoms with Crippen molar-refractivity contribution in [3.8, 4) is 11.6 Å². The Kier molecular flexibility index (Phi) is 5.11. The minimum absolute atomic E-state index is 0.0708. The highest BCUT2D eigenvalue weighted by Crippen LogP contribution is 2.26. The fourth-order valence-electron chi connectivity index (χ4n) is 2.79. The highest BCUT2D eigenvalue weighted by Gasteiger charge is 2.20. The molecule has 126 valence electrons. The Hall–Kier alpha value is -2.40. The minimum atomic E-state index is 0.0708. The summed E-state index contributed by atoms with van der Waals surface area (Å²) in [6.07, 6.45) is 3.40. The van der Waals surface area contributed by atoms with E-state index in [4.69, 9.17) is 4.74 Å². The molecule has 1 aliphatic heterocycles. The highest BCUT2D eigenvalue weighted by molar-refractivity contribution is 5.92. The summed E-state index contributed by atoms with van der Waals surface area (Å²) in [6.45, 7) is 5.88. The molecule has 5 nitrogen and oxygen atoms in total. The van der Waals surface area contributed by atoms with Crippen LogP contribution in [0.3, 0.4) is 0 Å². The predicted octanol–water partition coefficient (Wildman–Crippen LogP) is 3.43. The second kappa shape index (κ2) is 7.45. The third-order valence-corrected chi connectivity index (χ3v) is 4.48. The number of rotatable bonds is 4. The number of nitrogens with zero attached hydrogens (tertiary/aromatic N) is 1. The van der Waals surface area contributed by atoms with Crippen molar-refractivity contribution in [3.63, 3.8) is 0 Å². The van der Waals surface area contributed by atoms with Crippen LogP contribution in [0.25, 0.3) is 0 Å². The Morgan fingerprint density at radius 1 is 1.21 bits per heavy atom. The van der Waals surface area contributed by atoms with Crippen LogP contribution in [0.2, 0.25) is 0 Å². The average molecular weight is 325 g/mol. The van der Waals surface area contributed by atoms with Crippen molar-refractivity contribution in [2.24, 2.45) is 5.92 Å². The maximum Gasteiger partial charge on any atom is 0.227 e. The summed E-state index contributed by atoms with van der Waals surface area (Å²) in [5.74, 6) is 1.47. The molecule has 2 heterocycles. The second-order valence-electron chi connectivity index (χ2n) is 6.20. The first-order chi connectivity index (χ1) is 11.6. The number of benzene rings is 1. The van der Waals surface area contributed by atoms with Gasteiger partial charge in [0, 0.05) is 12.0 Å². The number of hydrogen-bond acceptors (Lipinski definition) is 4. The fourth-order valence-corrected chi connectivity index (χ4v) is 2.79. The van der Waals surface area contributed by atoms with Gasteiger partial charge in [-0.15, -0.1) is 0 Å². The smallest absolute Gasteiger partial charge is 0.227 e. The molecule has 1 fully saturated rings. The lowest BCUT2D eigenvalue weighted by atomic mass is 9.97. The van der Waals surface area contributed by atoms with Gasteiger partial charge in [-0.05, 0) is 63.0 Å². The van der Waals surface area contributed by atoms with Gasteiger partial charge in [-0.2, -0.15) is 0 Å². The highest BCUT2D eigenvalue weighted by atomic mass is 16.5. The first-order valence-corrected chi connectivity index (χ1v) is 8.35. The summed E-state index contributed by atoms with van der Waals surface area (Å²) < 4.78 is 5.83. The van der Waals surface area contributed by atoms with Gasteiger partial charge < -0.3 is 15.4 Å². The molecule has 0 unspecified atom stereocenters. The third kappa shape index (κ3) is 3.92. The summed E-state index contributed by atoms with van der Waals surface area (Å²) >= 11 is 0. The molecule has 24 heavy (non-hydrogen) atoms. The quantitative estimate of drug-likeness (QED) is 0.904. The number of anilines is 1. The van der Waals surface area contributed by atoms with E-state index in [0.29, 0.717) is 11.6 Å². The number of amides is 1. The van der Waals surface area contributed by atoms with E-state index < -0.39 is 0 Å². The molecule has 1 aromatic heterocycles. The molecule has 0 radical (unpaired) electrons. The van der Waals surface area contributed by atoms with E-state index in [1.807, 2.05) is 25.1 Å². The van der Waals surface area contributed by atoms with Gasteiger partial charge in [0.25, 0.3) is 0 Å². The summed E-state index contributed by atoms with van der Waals surface area (Å²) in [5.41, 5.74) is 2.98. The molecule has 2 N–H and O–H groups in total. The fraction of sp³-hybridized carbons (Fsp3) is 0.368. The molecule has 0 atom stereocenters. The average Bonchev–Trinajstić information content (AvgIpc) is 2.61. The lowest BCUT2D eigenvalue weighted by Gasteiger charge is -2.21. The van der Waals surface area contributed by atoms with Gasteiger partial charge in [-0.25, -0.2) is 4.98 Å². The van der Waals surface area contributed by atoms with Crippen molar-refractivity contribution in [2.45, 2.75) is 26.7 Å². The number of aryl methyl sites for hydroxylation is 1. The lowest BCUT2D eigenvalue weighted by Crippen LogP contribution is -2.34. The van der Waals surface area contributed by atoms with Crippen molar-refractivity contribution in [3.05, 3.63) is 47.7 Å². The molecule has 3 rings (SSSR count). The van der Waals surface area contributed by atoms with Crippen LogP contribution in [-0.4, -0.2) is 24.0 Å². The molecule has 1 aliphatic rings.